The highest BCUT2D eigenvalue weighted by atomic mass is 16.5. The lowest BCUT2D eigenvalue weighted by Crippen LogP contribution is -2.40. The van der Waals surface area contributed by atoms with E-state index < -0.39 is 0 Å². The van der Waals surface area contributed by atoms with Gasteiger partial charge < -0.3 is 20.5 Å². The van der Waals surface area contributed by atoms with Crippen LogP contribution >= 0.6 is 0 Å². The van der Waals surface area contributed by atoms with Gasteiger partial charge in [-0.15, -0.1) is 0 Å². The molecule has 2 atom stereocenters. The van der Waals surface area contributed by atoms with E-state index in [-0.39, 0.29) is 24.7 Å². The summed E-state index contributed by atoms with van der Waals surface area (Å²) < 4.78 is 5.62. The minimum atomic E-state index is -0.264. The van der Waals surface area contributed by atoms with E-state index in [2.05, 4.69) is 10.6 Å². The number of aliphatic hydroxyl groups is 1. The van der Waals surface area contributed by atoms with E-state index in [1.165, 1.54) is 0 Å². The van der Waals surface area contributed by atoms with E-state index in [9.17, 15) is 9.90 Å². The van der Waals surface area contributed by atoms with Crippen molar-refractivity contribution < 1.29 is 14.6 Å². The monoisotopic (exact) mass is 326 g/mol. The fourth-order valence-corrected chi connectivity index (χ4v) is 2.95. The maximum absolute atomic E-state index is 12.4. The highest BCUT2D eigenvalue weighted by Gasteiger charge is 2.26. The molecule has 2 amide bonds. The van der Waals surface area contributed by atoms with Crippen LogP contribution in [0.1, 0.15) is 35.2 Å². The number of carbonyl (C=O) groups excluding carboxylic acids is 1. The Bertz CT molecular complexity index is 703. The highest BCUT2D eigenvalue weighted by Crippen LogP contribution is 2.32. The summed E-state index contributed by atoms with van der Waals surface area (Å²) in [4.78, 5) is 12.4. The quantitative estimate of drug-likeness (QED) is 0.791. The summed E-state index contributed by atoms with van der Waals surface area (Å²) in [5, 5.41) is 15.2. The molecule has 24 heavy (non-hydrogen) atoms. The Hall–Kier alpha value is -2.53. The number of nitrogens with one attached hydrogen (secondary N) is 2. The third kappa shape index (κ3) is 3.68. The van der Waals surface area contributed by atoms with Gasteiger partial charge in [-0.05, 0) is 25.0 Å². The SMILES string of the molecule is Cc1ccc2c(c1)C(NC(=O)N[C@H](CCO)c1ccccc1)CO2. The summed E-state index contributed by atoms with van der Waals surface area (Å²) >= 11 is 0. The fourth-order valence-electron chi connectivity index (χ4n) is 2.95. The van der Waals surface area contributed by atoms with Gasteiger partial charge >= 0.3 is 6.03 Å². The van der Waals surface area contributed by atoms with Crippen molar-refractivity contribution in [3.8, 4) is 5.75 Å². The molecule has 1 aliphatic rings. The average molecular weight is 326 g/mol. The zero-order valence-electron chi connectivity index (χ0n) is 13.7. The van der Waals surface area contributed by atoms with E-state index in [1.807, 2.05) is 55.5 Å². The first-order valence-electron chi connectivity index (χ1n) is 8.13. The molecule has 0 spiro atoms. The first-order chi connectivity index (χ1) is 11.7. The Balaban J connectivity index is 1.66. The summed E-state index contributed by atoms with van der Waals surface area (Å²) in [6.07, 6.45) is 0.467. The van der Waals surface area contributed by atoms with Crippen LogP contribution in [0.15, 0.2) is 48.5 Å². The third-order valence-corrected chi connectivity index (χ3v) is 4.18. The Kier molecular flexibility index (Phi) is 5.01. The average Bonchev–Trinajstić information content (AvgIpc) is 2.97. The molecular weight excluding hydrogens is 304 g/mol. The van der Waals surface area contributed by atoms with Crippen molar-refractivity contribution in [1.82, 2.24) is 10.6 Å². The summed E-state index contributed by atoms with van der Waals surface area (Å²) in [6.45, 7) is 2.46. The molecule has 0 aromatic heterocycles. The second kappa shape index (κ2) is 7.36. The summed E-state index contributed by atoms with van der Waals surface area (Å²) in [5.74, 6) is 0.820. The maximum atomic E-state index is 12.4. The van der Waals surface area contributed by atoms with Gasteiger partial charge in [0.15, 0.2) is 0 Å². The number of ether oxygens (including phenoxy) is 1. The van der Waals surface area contributed by atoms with Gasteiger partial charge in [-0.1, -0.05) is 48.0 Å². The molecule has 5 nitrogen and oxygen atoms in total. The predicted octanol–water partition coefficient (Wildman–Crippen LogP) is 2.85. The molecule has 126 valence electrons. The molecule has 0 bridgehead atoms. The van der Waals surface area contributed by atoms with E-state index >= 15 is 0 Å². The molecule has 5 heteroatoms. The number of hydrogen-bond donors (Lipinski definition) is 3. The normalized spacial score (nSPS) is 16.8. The van der Waals surface area contributed by atoms with Crippen molar-refractivity contribution >= 4 is 6.03 Å². The van der Waals surface area contributed by atoms with Gasteiger partial charge in [0.1, 0.15) is 12.4 Å². The topological polar surface area (TPSA) is 70.6 Å². The number of carbonyl (C=O) groups is 1. The molecule has 0 radical (unpaired) electrons. The molecule has 0 saturated carbocycles. The maximum Gasteiger partial charge on any atom is 0.315 e. The Morgan fingerprint density at radius 3 is 2.83 bits per heavy atom. The summed E-state index contributed by atoms with van der Waals surface area (Å²) in [6, 6.07) is 15.0. The van der Waals surface area contributed by atoms with E-state index in [1.54, 1.807) is 0 Å². The van der Waals surface area contributed by atoms with Crippen LogP contribution in [-0.4, -0.2) is 24.4 Å². The number of fused-ring (bicyclic) bond motifs is 1. The van der Waals surface area contributed by atoms with Gasteiger partial charge in [0, 0.05) is 12.2 Å². The van der Waals surface area contributed by atoms with Crippen molar-refractivity contribution in [2.75, 3.05) is 13.2 Å². The molecule has 3 rings (SSSR count). The number of aryl methyl sites for hydroxylation is 1. The minimum absolute atomic E-state index is 0.00834. The van der Waals surface area contributed by atoms with Crippen LogP contribution in [0.2, 0.25) is 0 Å². The molecule has 2 aromatic rings. The lowest BCUT2D eigenvalue weighted by atomic mass is 10.0. The minimum Gasteiger partial charge on any atom is -0.491 e. The van der Waals surface area contributed by atoms with Crippen LogP contribution < -0.4 is 15.4 Å². The standard InChI is InChI=1S/C19H22N2O3/c1-13-7-8-18-15(11-13)17(12-24-18)21-19(23)20-16(9-10-22)14-5-3-2-4-6-14/h2-8,11,16-17,22H,9-10,12H2,1H3,(H2,20,21,23)/t16-,17?/m1/s1. The highest BCUT2D eigenvalue weighted by molar-refractivity contribution is 5.75. The van der Waals surface area contributed by atoms with Gasteiger partial charge in [-0.3, -0.25) is 0 Å². The van der Waals surface area contributed by atoms with Crippen molar-refractivity contribution in [2.45, 2.75) is 25.4 Å². The summed E-state index contributed by atoms with van der Waals surface area (Å²) in [5.41, 5.74) is 3.11. The molecule has 2 aromatic carbocycles. The molecule has 1 heterocycles. The molecule has 0 fully saturated rings. The number of benzene rings is 2. The van der Waals surface area contributed by atoms with E-state index in [0.29, 0.717) is 13.0 Å². The van der Waals surface area contributed by atoms with E-state index in [0.717, 1.165) is 22.4 Å². The second-order valence-corrected chi connectivity index (χ2v) is 6.00. The molecule has 3 N–H and O–H groups in total. The largest absolute Gasteiger partial charge is 0.491 e. The molecule has 0 aliphatic carbocycles. The van der Waals surface area contributed by atoms with Crippen LogP contribution in [0, 0.1) is 6.92 Å². The molecule has 1 aliphatic heterocycles. The number of rotatable bonds is 5. The van der Waals surface area contributed by atoms with Crippen molar-refractivity contribution in [3.63, 3.8) is 0 Å². The van der Waals surface area contributed by atoms with E-state index in [4.69, 9.17) is 4.74 Å². The molecule has 0 saturated heterocycles. The number of aliphatic hydroxyl groups excluding tert-OH is 1. The first kappa shape index (κ1) is 16.3. The van der Waals surface area contributed by atoms with Crippen LogP contribution in [0.5, 0.6) is 5.75 Å². The van der Waals surface area contributed by atoms with Gasteiger partial charge in [0.2, 0.25) is 0 Å². The zero-order valence-corrected chi connectivity index (χ0v) is 13.7. The van der Waals surface area contributed by atoms with Crippen molar-refractivity contribution in [3.05, 3.63) is 65.2 Å². The van der Waals surface area contributed by atoms with Crippen molar-refractivity contribution in [2.24, 2.45) is 0 Å². The van der Waals surface area contributed by atoms with Crippen LogP contribution in [0.4, 0.5) is 4.79 Å². The van der Waals surface area contributed by atoms with Crippen LogP contribution in [0.25, 0.3) is 0 Å². The lowest BCUT2D eigenvalue weighted by molar-refractivity contribution is 0.222. The fraction of sp³-hybridized carbons (Fsp3) is 0.316. The smallest absolute Gasteiger partial charge is 0.315 e. The Morgan fingerprint density at radius 2 is 2.08 bits per heavy atom. The second-order valence-electron chi connectivity index (χ2n) is 6.00. The number of amides is 2. The zero-order chi connectivity index (χ0) is 16.9. The van der Waals surface area contributed by atoms with Crippen LogP contribution in [-0.2, 0) is 0 Å². The van der Waals surface area contributed by atoms with Gasteiger partial charge in [-0.25, -0.2) is 4.79 Å². The molecule has 1 unspecified atom stereocenters. The Morgan fingerprint density at radius 1 is 1.29 bits per heavy atom. The predicted molar refractivity (Wildman–Crippen MR) is 92.0 cm³/mol. The van der Waals surface area contributed by atoms with Gasteiger partial charge in [-0.2, -0.15) is 0 Å². The van der Waals surface area contributed by atoms with Gasteiger partial charge in [0.05, 0.1) is 12.1 Å². The first-order valence-corrected chi connectivity index (χ1v) is 8.13. The van der Waals surface area contributed by atoms with Gasteiger partial charge in [0.25, 0.3) is 0 Å². The third-order valence-electron chi connectivity index (χ3n) is 4.18. The van der Waals surface area contributed by atoms with Crippen molar-refractivity contribution in [1.29, 1.82) is 0 Å². The lowest BCUT2D eigenvalue weighted by Gasteiger charge is -2.20. The Labute approximate surface area is 141 Å². The number of hydrogen-bond acceptors (Lipinski definition) is 3. The summed E-state index contributed by atoms with van der Waals surface area (Å²) in [7, 11) is 0. The molecular formula is C19H22N2O3. The number of urea groups is 1. The van der Waals surface area contributed by atoms with Crippen LogP contribution in [0.3, 0.4) is 0 Å².